The zero-order valence-corrected chi connectivity index (χ0v) is 12.4. The van der Waals surface area contributed by atoms with E-state index in [4.69, 9.17) is 11.6 Å². The van der Waals surface area contributed by atoms with E-state index in [-0.39, 0.29) is 5.91 Å². The second kappa shape index (κ2) is 6.17. The highest BCUT2D eigenvalue weighted by Gasteiger charge is 2.17. The van der Waals surface area contributed by atoms with Crippen LogP contribution in [0.15, 0.2) is 35.5 Å². The second-order valence-electron chi connectivity index (χ2n) is 4.04. The molecule has 100 valence electrons. The Kier molecular flexibility index (Phi) is 4.56. The molecular weight excluding hydrogens is 280 g/mol. The molecule has 5 heteroatoms. The summed E-state index contributed by atoms with van der Waals surface area (Å²) < 4.78 is 0. The van der Waals surface area contributed by atoms with Gasteiger partial charge in [-0.1, -0.05) is 30.7 Å². The van der Waals surface area contributed by atoms with Gasteiger partial charge in [0.05, 0.1) is 21.3 Å². The first-order chi connectivity index (χ1) is 9.13. The molecule has 0 aliphatic heterocycles. The van der Waals surface area contributed by atoms with Crippen LogP contribution in [0.2, 0.25) is 5.02 Å². The summed E-state index contributed by atoms with van der Waals surface area (Å²) in [7, 11) is 0. The Labute approximate surface area is 121 Å². The third-order valence-corrected chi connectivity index (χ3v) is 3.91. The quantitative estimate of drug-likeness (QED) is 0.824. The van der Waals surface area contributed by atoms with Gasteiger partial charge in [-0.15, -0.1) is 11.8 Å². The standard InChI is InChI=1S/C14H15ClN2OS/c1-3-19-14-12(9(2)8-16-14)13(18)17-11-7-5-4-6-10(11)15/h4-8,16H,3H2,1-2H3,(H,17,18). The SMILES string of the molecule is CCSc1[nH]cc(C)c1C(=O)Nc1ccccc1Cl. The summed E-state index contributed by atoms with van der Waals surface area (Å²) in [6.45, 7) is 3.97. The van der Waals surface area contributed by atoms with E-state index >= 15 is 0 Å². The smallest absolute Gasteiger partial charge is 0.258 e. The lowest BCUT2D eigenvalue weighted by Crippen LogP contribution is -2.13. The highest BCUT2D eigenvalue weighted by molar-refractivity contribution is 7.99. The average Bonchev–Trinajstić information content (AvgIpc) is 2.74. The van der Waals surface area contributed by atoms with Gasteiger partial charge in [0.25, 0.3) is 5.91 Å². The van der Waals surface area contributed by atoms with Gasteiger partial charge in [-0.3, -0.25) is 4.79 Å². The maximum Gasteiger partial charge on any atom is 0.258 e. The first-order valence-corrected chi connectivity index (χ1v) is 7.36. The van der Waals surface area contributed by atoms with Crippen molar-refractivity contribution >= 4 is 35.0 Å². The van der Waals surface area contributed by atoms with Crippen LogP contribution in [0.1, 0.15) is 22.8 Å². The third kappa shape index (κ3) is 3.14. The van der Waals surface area contributed by atoms with Crippen LogP contribution in [0.25, 0.3) is 0 Å². The van der Waals surface area contributed by atoms with Crippen molar-refractivity contribution in [3.8, 4) is 0 Å². The molecule has 2 N–H and O–H groups in total. The van der Waals surface area contributed by atoms with Crippen LogP contribution in [0.4, 0.5) is 5.69 Å². The van der Waals surface area contributed by atoms with E-state index in [0.717, 1.165) is 16.3 Å². The molecule has 1 amide bonds. The minimum atomic E-state index is -0.136. The van der Waals surface area contributed by atoms with Gasteiger partial charge < -0.3 is 10.3 Å². The Hall–Kier alpha value is -1.39. The molecule has 3 nitrogen and oxygen atoms in total. The summed E-state index contributed by atoms with van der Waals surface area (Å²) in [6.07, 6.45) is 1.85. The zero-order valence-electron chi connectivity index (χ0n) is 10.8. The van der Waals surface area contributed by atoms with Crippen molar-refractivity contribution in [3.05, 3.63) is 46.6 Å². The molecule has 2 aromatic rings. The molecule has 1 aromatic carbocycles. The van der Waals surface area contributed by atoms with E-state index in [1.165, 1.54) is 0 Å². The monoisotopic (exact) mass is 294 g/mol. The van der Waals surface area contributed by atoms with Crippen LogP contribution in [0.5, 0.6) is 0 Å². The maximum atomic E-state index is 12.3. The largest absolute Gasteiger partial charge is 0.356 e. The molecule has 0 saturated heterocycles. The molecule has 0 fully saturated rings. The van der Waals surface area contributed by atoms with E-state index in [1.54, 1.807) is 23.9 Å². The van der Waals surface area contributed by atoms with Gasteiger partial charge in [0.2, 0.25) is 0 Å². The number of carbonyl (C=O) groups is 1. The molecule has 0 spiro atoms. The van der Waals surface area contributed by atoms with Gasteiger partial charge >= 0.3 is 0 Å². The maximum absolute atomic E-state index is 12.3. The molecule has 2 rings (SSSR count). The fraction of sp³-hybridized carbons (Fsp3) is 0.214. The highest BCUT2D eigenvalue weighted by atomic mass is 35.5. The number of nitrogens with one attached hydrogen (secondary N) is 2. The number of anilines is 1. The molecule has 0 saturated carbocycles. The summed E-state index contributed by atoms with van der Waals surface area (Å²) in [4.78, 5) is 15.5. The number of halogens is 1. The lowest BCUT2D eigenvalue weighted by atomic mass is 10.2. The van der Waals surface area contributed by atoms with Crippen LogP contribution < -0.4 is 5.32 Å². The second-order valence-corrected chi connectivity index (χ2v) is 5.72. The number of amides is 1. The van der Waals surface area contributed by atoms with Crippen LogP contribution >= 0.6 is 23.4 Å². The van der Waals surface area contributed by atoms with Crippen molar-refractivity contribution in [2.75, 3.05) is 11.1 Å². The van der Waals surface area contributed by atoms with Crippen molar-refractivity contribution < 1.29 is 4.79 Å². The van der Waals surface area contributed by atoms with Crippen molar-refractivity contribution in [1.29, 1.82) is 0 Å². The van der Waals surface area contributed by atoms with Crippen LogP contribution in [-0.4, -0.2) is 16.6 Å². The Morgan fingerprint density at radius 1 is 1.42 bits per heavy atom. The van der Waals surface area contributed by atoms with Gasteiger partial charge in [0.1, 0.15) is 0 Å². The average molecular weight is 295 g/mol. The predicted octanol–water partition coefficient (Wildman–Crippen LogP) is 4.34. The molecule has 1 heterocycles. The summed E-state index contributed by atoms with van der Waals surface area (Å²) in [5.74, 6) is 0.773. The number of aromatic nitrogens is 1. The Morgan fingerprint density at radius 2 is 2.16 bits per heavy atom. The van der Waals surface area contributed by atoms with Crippen LogP contribution in [0, 0.1) is 6.92 Å². The van der Waals surface area contributed by atoms with Gasteiger partial charge in [-0.25, -0.2) is 0 Å². The van der Waals surface area contributed by atoms with Crippen molar-refractivity contribution in [3.63, 3.8) is 0 Å². The predicted molar refractivity (Wildman–Crippen MR) is 81.3 cm³/mol. The van der Waals surface area contributed by atoms with E-state index in [2.05, 4.69) is 17.2 Å². The fourth-order valence-electron chi connectivity index (χ4n) is 1.78. The van der Waals surface area contributed by atoms with E-state index in [1.807, 2.05) is 25.3 Å². The van der Waals surface area contributed by atoms with Gasteiger partial charge in [-0.05, 0) is 30.4 Å². The van der Waals surface area contributed by atoms with Gasteiger partial charge in [0, 0.05) is 6.20 Å². The van der Waals surface area contributed by atoms with Gasteiger partial charge in [-0.2, -0.15) is 0 Å². The number of carbonyl (C=O) groups excluding carboxylic acids is 1. The van der Waals surface area contributed by atoms with Crippen LogP contribution in [-0.2, 0) is 0 Å². The fourth-order valence-corrected chi connectivity index (χ4v) is 2.80. The van der Waals surface area contributed by atoms with E-state index in [9.17, 15) is 4.79 Å². The zero-order chi connectivity index (χ0) is 13.8. The Balaban J connectivity index is 2.25. The van der Waals surface area contributed by atoms with Crippen LogP contribution in [0.3, 0.4) is 0 Å². The lowest BCUT2D eigenvalue weighted by Gasteiger charge is -2.08. The number of hydrogen-bond acceptors (Lipinski definition) is 2. The number of thioether (sulfide) groups is 1. The molecule has 0 radical (unpaired) electrons. The molecule has 19 heavy (non-hydrogen) atoms. The topological polar surface area (TPSA) is 44.9 Å². The van der Waals surface area contributed by atoms with Gasteiger partial charge in [0.15, 0.2) is 0 Å². The molecule has 0 aliphatic rings. The number of rotatable bonds is 4. The number of hydrogen-bond donors (Lipinski definition) is 2. The van der Waals surface area contributed by atoms with E-state index < -0.39 is 0 Å². The lowest BCUT2D eigenvalue weighted by molar-refractivity contribution is 0.102. The normalized spacial score (nSPS) is 10.5. The van der Waals surface area contributed by atoms with E-state index in [0.29, 0.717) is 16.3 Å². The number of H-pyrrole nitrogens is 1. The molecule has 0 unspecified atom stereocenters. The van der Waals surface area contributed by atoms with Crippen molar-refractivity contribution in [2.24, 2.45) is 0 Å². The Bertz CT molecular complexity index is 595. The summed E-state index contributed by atoms with van der Waals surface area (Å²) in [5, 5.41) is 4.28. The first kappa shape index (κ1) is 14.0. The number of aromatic amines is 1. The van der Waals surface area contributed by atoms with Crippen molar-refractivity contribution in [2.45, 2.75) is 18.9 Å². The first-order valence-electron chi connectivity index (χ1n) is 6.00. The summed E-state index contributed by atoms with van der Waals surface area (Å²) in [6, 6.07) is 7.21. The third-order valence-electron chi connectivity index (χ3n) is 2.68. The Morgan fingerprint density at radius 3 is 2.84 bits per heavy atom. The molecule has 0 atom stereocenters. The molecule has 0 aliphatic carbocycles. The molecule has 0 bridgehead atoms. The summed E-state index contributed by atoms with van der Waals surface area (Å²) in [5.41, 5.74) is 2.24. The number of benzene rings is 1. The summed E-state index contributed by atoms with van der Waals surface area (Å²) >= 11 is 7.66. The number of para-hydroxylation sites is 1. The minimum absolute atomic E-state index is 0.136. The van der Waals surface area contributed by atoms with Crippen molar-refractivity contribution in [1.82, 2.24) is 4.98 Å². The molecular formula is C14H15ClN2OS. The molecule has 1 aromatic heterocycles. The minimum Gasteiger partial charge on any atom is -0.356 e. The number of aryl methyl sites for hydroxylation is 1. The highest BCUT2D eigenvalue weighted by Crippen LogP contribution is 2.26.